The quantitative estimate of drug-likeness (QED) is 0.658. The van der Waals surface area contributed by atoms with Crippen LogP contribution >= 0.6 is 24.8 Å². The first-order chi connectivity index (χ1) is 9.13. The summed E-state index contributed by atoms with van der Waals surface area (Å²) in [7, 11) is 1.64. The van der Waals surface area contributed by atoms with Crippen LogP contribution < -0.4 is 10.6 Å². The highest BCUT2D eigenvalue weighted by molar-refractivity contribution is 5.85. The van der Waals surface area contributed by atoms with Crippen molar-refractivity contribution in [3.05, 3.63) is 18.2 Å². The Bertz CT molecular complexity index is 388. The topological polar surface area (TPSA) is 68.2 Å². The van der Waals surface area contributed by atoms with Crippen LogP contribution in [-0.4, -0.2) is 48.8 Å². The molecule has 0 aliphatic rings. The lowest BCUT2D eigenvalue weighted by atomic mass is 10.2. The Kier molecular flexibility index (Phi) is 13.8. The SMILES string of the molecule is COCCNCC(=O)NCC(C)Cn1ccnc1C.Cl.Cl. The highest BCUT2D eigenvalue weighted by Gasteiger charge is 2.07. The Balaban J connectivity index is 0. The summed E-state index contributed by atoms with van der Waals surface area (Å²) in [4.78, 5) is 15.7. The zero-order valence-electron chi connectivity index (χ0n) is 12.8. The normalized spacial score (nSPS) is 11.2. The molecule has 0 aliphatic heterocycles. The lowest BCUT2D eigenvalue weighted by molar-refractivity contribution is -0.120. The van der Waals surface area contributed by atoms with Crippen molar-refractivity contribution in [2.75, 3.05) is 33.4 Å². The Hall–Kier alpha value is -0.820. The molecule has 0 aromatic carbocycles. The molecule has 0 spiro atoms. The number of nitrogens with one attached hydrogen (secondary N) is 2. The molecular weight excluding hydrogens is 315 g/mol. The van der Waals surface area contributed by atoms with E-state index in [-0.39, 0.29) is 30.7 Å². The van der Waals surface area contributed by atoms with Crippen molar-refractivity contribution in [3.63, 3.8) is 0 Å². The van der Waals surface area contributed by atoms with Crippen molar-refractivity contribution < 1.29 is 9.53 Å². The number of hydrogen-bond acceptors (Lipinski definition) is 4. The Morgan fingerprint density at radius 2 is 2.19 bits per heavy atom. The second kappa shape index (κ2) is 12.9. The largest absolute Gasteiger partial charge is 0.383 e. The summed E-state index contributed by atoms with van der Waals surface area (Å²) in [6, 6.07) is 0. The van der Waals surface area contributed by atoms with Crippen molar-refractivity contribution in [2.24, 2.45) is 5.92 Å². The number of amides is 1. The summed E-state index contributed by atoms with van der Waals surface area (Å²) < 4.78 is 6.98. The highest BCUT2D eigenvalue weighted by Crippen LogP contribution is 2.02. The van der Waals surface area contributed by atoms with Crippen LogP contribution in [0.1, 0.15) is 12.7 Å². The third kappa shape index (κ3) is 9.68. The molecule has 8 heteroatoms. The summed E-state index contributed by atoms with van der Waals surface area (Å²) in [5.41, 5.74) is 0. The highest BCUT2D eigenvalue weighted by atomic mass is 35.5. The monoisotopic (exact) mass is 340 g/mol. The van der Waals surface area contributed by atoms with E-state index in [9.17, 15) is 4.79 Å². The van der Waals surface area contributed by atoms with Crippen LogP contribution in [0, 0.1) is 12.8 Å². The number of hydrogen-bond donors (Lipinski definition) is 2. The number of aryl methyl sites for hydroxylation is 1. The van der Waals surface area contributed by atoms with Gasteiger partial charge in [0.1, 0.15) is 5.82 Å². The van der Waals surface area contributed by atoms with Crippen LogP contribution in [-0.2, 0) is 16.1 Å². The zero-order chi connectivity index (χ0) is 14.1. The fraction of sp³-hybridized carbons (Fsp3) is 0.692. The summed E-state index contributed by atoms with van der Waals surface area (Å²) in [6.07, 6.45) is 3.75. The molecule has 2 N–H and O–H groups in total. The van der Waals surface area contributed by atoms with E-state index in [1.165, 1.54) is 0 Å². The van der Waals surface area contributed by atoms with Gasteiger partial charge in [0.2, 0.25) is 5.91 Å². The minimum atomic E-state index is 0. The minimum Gasteiger partial charge on any atom is -0.383 e. The molecule has 0 saturated heterocycles. The molecule has 1 atom stereocenters. The van der Waals surface area contributed by atoms with Crippen LogP contribution in [0.3, 0.4) is 0 Å². The predicted molar refractivity (Wildman–Crippen MR) is 88.4 cm³/mol. The molecule has 0 radical (unpaired) electrons. The molecule has 1 rings (SSSR count). The maximum atomic E-state index is 11.5. The molecule has 0 saturated carbocycles. The van der Waals surface area contributed by atoms with Gasteiger partial charge in [-0.05, 0) is 12.8 Å². The molecular formula is C13H26Cl2N4O2. The van der Waals surface area contributed by atoms with Gasteiger partial charge in [-0.15, -0.1) is 24.8 Å². The zero-order valence-corrected chi connectivity index (χ0v) is 14.4. The van der Waals surface area contributed by atoms with E-state index >= 15 is 0 Å². The molecule has 0 fully saturated rings. The van der Waals surface area contributed by atoms with Crippen LogP contribution in [0.25, 0.3) is 0 Å². The summed E-state index contributed by atoms with van der Waals surface area (Å²) >= 11 is 0. The van der Waals surface area contributed by atoms with Crippen molar-refractivity contribution in [3.8, 4) is 0 Å². The number of aromatic nitrogens is 2. The second-order valence-electron chi connectivity index (χ2n) is 4.71. The molecule has 1 amide bonds. The minimum absolute atomic E-state index is 0. The number of nitrogens with zero attached hydrogens (tertiary/aromatic N) is 2. The van der Waals surface area contributed by atoms with Gasteiger partial charge in [0.05, 0.1) is 13.2 Å². The first kappa shape index (κ1) is 22.5. The Labute approximate surface area is 138 Å². The first-order valence-electron chi connectivity index (χ1n) is 6.57. The average Bonchev–Trinajstić information content (AvgIpc) is 2.78. The predicted octanol–water partition coefficient (Wildman–Crippen LogP) is 1.02. The maximum Gasteiger partial charge on any atom is 0.233 e. The number of carbonyl (C=O) groups is 1. The van der Waals surface area contributed by atoms with Gasteiger partial charge in [-0.25, -0.2) is 4.98 Å². The van der Waals surface area contributed by atoms with Crippen LogP contribution in [0.15, 0.2) is 12.4 Å². The van der Waals surface area contributed by atoms with E-state index in [1.807, 2.05) is 13.1 Å². The Morgan fingerprint density at radius 3 is 2.76 bits per heavy atom. The van der Waals surface area contributed by atoms with E-state index < -0.39 is 0 Å². The Morgan fingerprint density at radius 1 is 1.48 bits per heavy atom. The van der Waals surface area contributed by atoms with E-state index in [0.29, 0.717) is 32.2 Å². The van der Waals surface area contributed by atoms with Crippen molar-refractivity contribution >= 4 is 30.7 Å². The smallest absolute Gasteiger partial charge is 0.233 e. The van der Waals surface area contributed by atoms with Crippen molar-refractivity contribution in [1.29, 1.82) is 0 Å². The van der Waals surface area contributed by atoms with E-state index in [2.05, 4.69) is 27.1 Å². The molecule has 0 aliphatic carbocycles. The number of rotatable bonds is 9. The van der Waals surface area contributed by atoms with Gasteiger partial charge in [-0.3, -0.25) is 4.79 Å². The third-order valence-corrected chi connectivity index (χ3v) is 2.85. The lowest BCUT2D eigenvalue weighted by Gasteiger charge is -2.14. The van der Waals surface area contributed by atoms with E-state index in [0.717, 1.165) is 12.4 Å². The molecule has 0 bridgehead atoms. The van der Waals surface area contributed by atoms with Gasteiger partial charge in [-0.1, -0.05) is 6.92 Å². The summed E-state index contributed by atoms with van der Waals surface area (Å²) in [5.74, 6) is 1.39. The maximum absolute atomic E-state index is 11.5. The molecule has 1 aromatic heterocycles. The molecule has 1 aromatic rings. The van der Waals surface area contributed by atoms with Gasteiger partial charge in [-0.2, -0.15) is 0 Å². The van der Waals surface area contributed by atoms with Crippen molar-refractivity contribution in [2.45, 2.75) is 20.4 Å². The first-order valence-corrected chi connectivity index (χ1v) is 6.57. The van der Waals surface area contributed by atoms with E-state index in [1.54, 1.807) is 13.3 Å². The fourth-order valence-corrected chi connectivity index (χ4v) is 1.72. The molecule has 1 unspecified atom stereocenters. The second-order valence-corrected chi connectivity index (χ2v) is 4.71. The van der Waals surface area contributed by atoms with Gasteiger partial charge in [0.15, 0.2) is 0 Å². The summed E-state index contributed by atoms with van der Waals surface area (Å²) in [5, 5.41) is 5.93. The van der Waals surface area contributed by atoms with Gasteiger partial charge in [0.25, 0.3) is 0 Å². The number of halogens is 2. The van der Waals surface area contributed by atoms with Crippen LogP contribution in [0.5, 0.6) is 0 Å². The van der Waals surface area contributed by atoms with Crippen LogP contribution in [0.4, 0.5) is 0 Å². The number of ether oxygens (including phenoxy) is 1. The van der Waals surface area contributed by atoms with Gasteiger partial charge < -0.3 is 19.9 Å². The molecule has 6 nitrogen and oxygen atoms in total. The number of imidazole rings is 1. The fourth-order valence-electron chi connectivity index (χ4n) is 1.72. The molecule has 124 valence electrons. The summed E-state index contributed by atoms with van der Waals surface area (Å²) in [6.45, 7) is 7.26. The van der Waals surface area contributed by atoms with Crippen molar-refractivity contribution in [1.82, 2.24) is 20.2 Å². The van der Waals surface area contributed by atoms with Gasteiger partial charge in [0, 0.05) is 39.1 Å². The standard InChI is InChI=1S/C13H24N4O2.2ClH/c1-11(10-17-6-4-15-12(17)2)8-16-13(18)9-14-5-7-19-3;;/h4,6,11,14H,5,7-10H2,1-3H3,(H,16,18);2*1H. The molecule has 1 heterocycles. The van der Waals surface area contributed by atoms with Gasteiger partial charge >= 0.3 is 0 Å². The number of carbonyl (C=O) groups excluding carboxylic acids is 1. The average molecular weight is 341 g/mol. The third-order valence-electron chi connectivity index (χ3n) is 2.85. The molecule has 21 heavy (non-hydrogen) atoms. The van der Waals surface area contributed by atoms with Crippen LogP contribution in [0.2, 0.25) is 0 Å². The number of methoxy groups -OCH3 is 1. The lowest BCUT2D eigenvalue weighted by Crippen LogP contribution is -2.37. The van der Waals surface area contributed by atoms with E-state index in [4.69, 9.17) is 4.74 Å².